The van der Waals surface area contributed by atoms with Crippen LogP contribution in [0.4, 0.5) is 10.5 Å². The molecule has 0 saturated carbocycles. The average Bonchev–Trinajstić information content (AvgIpc) is 3.51. The Kier molecular flexibility index (Phi) is 6.34. The number of amides is 5. The predicted octanol–water partition coefficient (Wildman–Crippen LogP) is 4.78. The van der Waals surface area contributed by atoms with Crippen molar-refractivity contribution < 1.29 is 19.2 Å². The smallest absolute Gasteiger partial charge is 0.319 e. The minimum absolute atomic E-state index is 0.196. The van der Waals surface area contributed by atoms with Crippen LogP contribution < -0.4 is 16.0 Å². The van der Waals surface area contributed by atoms with E-state index in [0.717, 1.165) is 26.4 Å². The molecule has 0 radical (unpaired) electrons. The number of nitrogens with zero attached hydrogens (tertiary/aromatic N) is 2. The monoisotopic (exact) mass is 553 g/mol. The Morgan fingerprint density at radius 2 is 1.82 bits per heavy atom. The summed E-state index contributed by atoms with van der Waals surface area (Å²) in [7, 11) is 0. The SMILES string of the molecule is CC(C)(NC(=O)Nc1ccc2c(c1)CN(C1CCC(=O)NC1=O)C2=O)c1nc2c(-c3ccccc3)cccc2s1. The maximum Gasteiger partial charge on any atom is 0.319 e. The molecule has 6 rings (SSSR count). The molecule has 3 N–H and O–H groups in total. The highest BCUT2D eigenvalue weighted by Crippen LogP contribution is 2.35. The van der Waals surface area contributed by atoms with Crippen molar-refractivity contribution >= 4 is 51.0 Å². The van der Waals surface area contributed by atoms with Gasteiger partial charge in [0.15, 0.2) is 0 Å². The van der Waals surface area contributed by atoms with E-state index in [4.69, 9.17) is 4.98 Å². The van der Waals surface area contributed by atoms with Crippen LogP contribution in [0.5, 0.6) is 0 Å². The summed E-state index contributed by atoms with van der Waals surface area (Å²) < 4.78 is 1.04. The van der Waals surface area contributed by atoms with Crippen molar-refractivity contribution in [2.75, 3.05) is 5.32 Å². The lowest BCUT2D eigenvalue weighted by molar-refractivity contribution is -0.136. The summed E-state index contributed by atoms with van der Waals surface area (Å²) in [6.45, 7) is 4.05. The maximum absolute atomic E-state index is 13.0. The fourth-order valence-corrected chi connectivity index (χ4v) is 6.27. The van der Waals surface area contributed by atoms with E-state index in [1.54, 1.807) is 29.5 Å². The van der Waals surface area contributed by atoms with E-state index < -0.39 is 23.5 Å². The Bertz CT molecular complexity index is 1680. The number of benzene rings is 3. The van der Waals surface area contributed by atoms with Crippen molar-refractivity contribution in [1.29, 1.82) is 0 Å². The number of carbonyl (C=O) groups is 4. The van der Waals surface area contributed by atoms with Crippen LogP contribution in [0.2, 0.25) is 0 Å². The minimum Gasteiger partial charge on any atom is -0.326 e. The molecular weight excluding hydrogens is 526 g/mol. The Balaban J connectivity index is 1.16. The molecule has 10 heteroatoms. The third-order valence-corrected chi connectivity index (χ3v) is 8.59. The number of imide groups is 1. The summed E-state index contributed by atoms with van der Waals surface area (Å²) in [5.74, 6) is -1.04. The highest BCUT2D eigenvalue weighted by Gasteiger charge is 2.39. The number of hydrogen-bond donors (Lipinski definition) is 3. The number of fused-ring (bicyclic) bond motifs is 2. The molecule has 9 nitrogen and oxygen atoms in total. The molecule has 1 saturated heterocycles. The van der Waals surface area contributed by atoms with E-state index in [1.165, 1.54) is 4.90 Å². The molecule has 2 aliphatic rings. The summed E-state index contributed by atoms with van der Waals surface area (Å²) in [6.07, 6.45) is 0.493. The van der Waals surface area contributed by atoms with Crippen LogP contribution in [0.1, 0.15) is 47.6 Å². The van der Waals surface area contributed by atoms with Crippen molar-refractivity contribution in [3.8, 4) is 11.1 Å². The van der Waals surface area contributed by atoms with Gasteiger partial charge in [0.25, 0.3) is 5.91 Å². The lowest BCUT2D eigenvalue weighted by atomic mass is 10.0. The van der Waals surface area contributed by atoms with Crippen LogP contribution in [0.15, 0.2) is 66.7 Å². The zero-order chi connectivity index (χ0) is 28.0. The molecule has 202 valence electrons. The minimum atomic E-state index is -0.753. The highest BCUT2D eigenvalue weighted by molar-refractivity contribution is 7.18. The van der Waals surface area contributed by atoms with E-state index in [0.29, 0.717) is 23.2 Å². The second-order valence-electron chi connectivity index (χ2n) is 10.5. The molecule has 1 aromatic heterocycles. The number of para-hydroxylation sites is 1. The Labute approximate surface area is 234 Å². The van der Waals surface area contributed by atoms with Gasteiger partial charge >= 0.3 is 6.03 Å². The molecule has 0 aliphatic carbocycles. The van der Waals surface area contributed by atoms with Crippen LogP contribution in [0, 0.1) is 0 Å². The lowest BCUT2D eigenvalue weighted by Gasteiger charge is -2.29. The zero-order valence-corrected chi connectivity index (χ0v) is 22.8. The van der Waals surface area contributed by atoms with E-state index in [2.05, 4.69) is 28.1 Å². The summed E-state index contributed by atoms with van der Waals surface area (Å²) in [4.78, 5) is 56.2. The fraction of sp³-hybridized carbons (Fsp3) is 0.233. The van der Waals surface area contributed by atoms with Gasteiger partial charge in [-0.05, 0) is 55.7 Å². The maximum atomic E-state index is 13.0. The summed E-state index contributed by atoms with van der Waals surface area (Å²) >= 11 is 1.54. The third kappa shape index (κ3) is 4.71. The van der Waals surface area contributed by atoms with Gasteiger partial charge in [0.05, 0.1) is 15.8 Å². The molecule has 5 amide bonds. The second-order valence-corrected chi connectivity index (χ2v) is 11.5. The van der Waals surface area contributed by atoms with Gasteiger partial charge in [-0.15, -0.1) is 11.3 Å². The Morgan fingerprint density at radius 3 is 2.60 bits per heavy atom. The molecule has 1 fully saturated rings. The summed E-state index contributed by atoms with van der Waals surface area (Å²) in [5.41, 5.74) is 4.00. The van der Waals surface area contributed by atoms with Gasteiger partial charge in [0.2, 0.25) is 11.8 Å². The number of thiazole rings is 1. The summed E-state index contributed by atoms with van der Waals surface area (Å²) in [6, 6.07) is 20.2. The molecule has 0 spiro atoms. The Hall–Kier alpha value is -4.57. The fourth-order valence-electron chi connectivity index (χ4n) is 5.22. The molecule has 1 unspecified atom stereocenters. The van der Waals surface area contributed by atoms with Gasteiger partial charge in [-0.25, -0.2) is 9.78 Å². The van der Waals surface area contributed by atoms with Crippen molar-refractivity contribution in [3.63, 3.8) is 0 Å². The number of piperidine rings is 1. The molecule has 0 bridgehead atoms. The van der Waals surface area contributed by atoms with E-state index in [1.807, 2.05) is 50.2 Å². The van der Waals surface area contributed by atoms with Crippen LogP contribution in [0.25, 0.3) is 21.3 Å². The number of anilines is 1. The average molecular weight is 554 g/mol. The number of nitrogens with one attached hydrogen (secondary N) is 3. The van der Waals surface area contributed by atoms with Crippen molar-refractivity contribution in [2.45, 2.75) is 44.8 Å². The van der Waals surface area contributed by atoms with Crippen molar-refractivity contribution in [2.24, 2.45) is 0 Å². The van der Waals surface area contributed by atoms with Gasteiger partial charge in [0, 0.05) is 29.8 Å². The standard InChI is InChI=1S/C30H27N5O4S/c1-30(2,28-33-25-20(9-6-10-23(25)40-28)17-7-4-3-5-8-17)34-29(39)31-19-11-12-21-18(15-19)16-35(27(21)38)22-13-14-24(36)32-26(22)37/h3-12,15,22H,13-14,16H2,1-2H3,(H2,31,34,39)(H,32,36,37). The Morgan fingerprint density at radius 1 is 1.02 bits per heavy atom. The van der Waals surface area contributed by atoms with Gasteiger partial charge in [0.1, 0.15) is 11.0 Å². The van der Waals surface area contributed by atoms with E-state index >= 15 is 0 Å². The second kappa shape index (κ2) is 9.87. The van der Waals surface area contributed by atoms with E-state index in [9.17, 15) is 19.2 Å². The first kappa shape index (κ1) is 25.7. The molecular formula is C30H27N5O4S. The number of urea groups is 1. The largest absolute Gasteiger partial charge is 0.326 e. The molecule has 2 aliphatic heterocycles. The van der Waals surface area contributed by atoms with Gasteiger partial charge < -0.3 is 15.5 Å². The molecule has 1 atom stereocenters. The number of hydrogen-bond acceptors (Lipinski definition) is 6. The van der Waals surface area contributed by atoms with Crippen molar-refractivity contribution in [1.82, 2.24) is 20.5 Å². The van der Waals surface area contributed by atoms with Gasteiger partial charge in [-0.1, -0.05) is 42.5 Å². The number of aromatic nitrogens is 1. The number of rotatable bonds is 5. The molecule has 3 heterocycles. The first-order valence-corrected chi connectivity index (χ1v) is 13.8. The molecule has 4 aromatic rings. The first-order valence-electron chi connectivity index (χ1n) is 13.0. The highest BCUT2D eigenvalue weighted by atomic mass is 32.1. The first-order chi connectivity index (χ1) is 19.2. The van der Waals surface area contributed by atoms with Crippen LogP contribution in [0.3, 0.4) is 0 Å². The lowest BCUT2D eigenvalue weighted by Crippen LogP contribution is -2.52. The van der Waals surface area contributed by atoms with Crippen molar-refractivity contribution in [3.05, 3.63) is 82.9 Å². The quantitative estimate of drug-likeness (QED) is 0.307. The van der Waals surface area contributed by atoms with E-state index in [-0.39, 0.29) is 24.8 Å². The zero-order valence-electron chi connectivity index (χ0n) is 22.0. The van der Waals surface area contributed by atoms with Gasteiger partial charge in [-0.2, -0.15) is 0 Å². The normalized spacial score (nSPS) is 17.1. The predicted molar refractivity (Wildman–Crippen MR) is 153 cm³/mol. The molecule has 3 aromatic carbocycles. The molecule has 40 heavy (non-hydrogen) atoms. The van der Waals surface area contributed by atoms with Crippen LogP contribution in [-0.4, -0.2) is 39.7 Å². The van der Waals surface area contributed by atoms with Crippen LogP contribution >= 0.6 is 11.3 Å². The van der Waals surface area contributed by atoms with Crippen LogP contribution in [-0.2, 0) is 21.7 Å². The topological polar surface area (TPSA) is 120 Å². The van der Waals surface area contributed by atoms with Gasteiger partial charge in [-0.3, -0.25) is 19.7 Å². The number of carbonyl (C=O) groups excluding carboxylic acids is 4. The third-order valence-electron chi connectivity index (χ3n) is 7.25. The summed E-state index contributed by atoms with van der Waals surface area (Å²) in [5, 5.41) is 8.97.